The lowest BCUT2D eigenvalue weighted by atomic mass is 10.2. The van der Waals surface area contributed by atoms with Gasteiger partial charge in [0.15, 0.2) is 5.82 Å². The molecule has 1 atom stereocenters. The number of nitrogens with zero attached hydrogens (tertiary/aromatic N) is 4. The molecule has 9 nitrogen and oxygen atoms in total. The van der Waals surface area contributed by atoms with Gasteiger partial charge in [0.25, 0.3) is 0 Å². The Labute approximate surface area is 113 Å². The van der Waals surface area contributed by atoms with Gasteiger partial charge in [0.1, 0.15) is 0 Å². The molecule has 0 bridgehead atoms. The number of H-pyrrole nitrogens is 1. The Hall–Kier alpha value is -1.84. The molecular weight excluding hydrogens is 272 g/mol. The van der Waals surface area contributed by atoms with E-state index in [0.29, 0.717) is 18.1 Å². The van der Waals surface area contributed by atoms with Crippen molar-refractivity contribution in [3.05, 3.63) is 5.82 Å². The Morgan fingerprint density at radius 1 is 1.58 bits per heavy atom. The third kappa shape index (κ3) is 3.81. The number of aromatic amines is 1. The minimum atomic E-state index is -0.900. The number of thioether (sulfide) groups is 1. The first kappa shape index (κ1) is 13.6. The number of rotatable bonds is 4. The van der Waals surface area contributed by atoms with Crippen LogP contribution in [0.5, 0.6) is 0 Å². The molecule has 1 fully saturated rings. The van der Waals surface area contributed by atoms with Crippen LogP contribution in [0.2, 0.25) is 0 Å². The Balaban J connectivity index is 1.89. The molecule has 0 saturated carbocycles. The Kier molecular flexibility index (Phi) is 4.55. The molecule has 2 amide bonds. The maximum Gasteiger partial charge on any atom is 0.318 e. The van der Waals surface area contributed by atoms with Crippen molar-refractivity contribution in [2.45, 2.75) is 19.0 Å². The normalized spacial score (nSPS) is 19.2. The van der Waals surface area contributed by atoms with Crippen molar-refractivity contribution in [1.82, 2.24) is 30.8 Å². The summed E-state index contributed by atoms with van der Waals surface area (Å²) in [6.07, 6.45) is -0.0391. The van der Waals surface area contributed by atoms with E-state index in [9.17, 15) is 9.59 Å². The highest BCUT2D eigenvalue weighted by molar-refractivity contribution is 7.99. The van der Waals surface area contributed by atoms with E-state index < -0.39 is 5.97 Å². The fourth-order valence-corrected chi connectivity index (χ4v) is 2.87. The lowest BCUT2D eigenvalue weighted by Crippen LogP contribution is -2.51. The Morgan fingerprint density at radius 2 is 2.42 bits per heavy atom. The van der Waals surface area contributed by atoms with Gasteiger partial charge in [-0.15, -0.1) is 10.2 Å². The summed E-state index contributed by atoms with van der Waals surface area (Å²) in [6.45, 7) is 0.708. The van der Waals surface area contributed by atoms with Gasteiger partial charge in [-0.2, -0.15) is 17.0 Å². The summed E-state index contributed by atoms with van der Waals surface area (Å²) >= 11 is 1.66. The van der Waals surface area contributed by atoms with E-state index in [1.165, 1.54) is 0 Å². The molecule has 0 spiro atoms. The fraction of sp³-hybridized carbons (Fsp3) is 0.667. The third-order valence-electron chi connectivity index (χ3n) is 2.69. The largest absolute Gasteiger partial charge is 0.481 e. The van der Waals surface area contributed by atoms with Gasteiger partial charge in [-0.1, -0.05) is 5.21 Å². The topological polar surface area (TPSA) is 124 Å². The predicted molar refractivity (Wildman–Crippen MR) is 66.5 cm³/mol. The van der Waals surface area contributed by atoms with Gasteiger partial charge in [-0.05, 0) is 0 Å². The number of aromatic nitrogens is 4. The third-order valence-corrected chi connectivity index (χ3v) is 3.78. The smallest absolute Gasteiger partial charge is 0.318 e. The Bertz CT molecular complexity index is 439. The molecule has 2 rings (SSSR count). The van der Waals surface area contributed by atoms with Gasteiger partial charge >= 0.3 is 12.0 Å². The molecule has 104 valence electrons. The minimum absolute atomic E-state index is 0.0391. The lowest BCUT2D eigenvalue weighted by Gasteiger charge is -2.34. The van der Waals surface area contributed by atoms with Crippen LogP contribution >= 0.6 is 11.8 Å². The molecule has 1 saturated heterocycles. The number of hydrogen-bond donors (Lipinski definition) is 3. The summed E-state index contributed by atoms with van der Waals surface area (Å²) in [6, 6.07) is -0.571. The highest BCUT2D eigenvalue weighted by Gasteiger charge is 2.28. The van der Waals surface area contributed by atoms with Gasteiger partial charge in [0.2, 0.25) is 0 Å². The van der Waals surface area contributed by atoms with Gasteiger partial charge < -0.3 is 15.3 Å². The van der Waals surface area contributed by atoms with Crippen molar-refractivity contribution in [3.8, 4) is 0 Å². The first-order valence-electron chi connectivity index (χ1n) is 5.73. The summed E-state index contributed by atoms with van der Waals surface area (Å²) in [5, 5.41) is 24.6. The molecular formula is C9H14N6O3S. The van der Waals surface area contributed by atoms with Crippen LogP contribution in [0.25, 0.3) is 0 Å². The van der Waals surface area contributed by atoms with Gasteiger partial charge in [-0.3, -0.25) is 4.79 Å². The molecule has 2 heterocycles. The lowest BCUT2D eigenvalue weighted by molar-refractivity contribution is -0.138. The maximum atomic E-state index is 12.0. The zero-order valence-electron chi connectivity index (χ0n) is 10.1. The number of urea groups is 1. The van der Waals surface area contributed by atoms with Gasteiger partial charge in [-0.25, -0.2) is 4.79 Å². The van der Waals surface area contributed by atoms with Crippen LogP contribution in [0.1, 0.15) is 12.2 Å². The minimum Gasteiger partial charge on any atom is -0.481 e. The van der Waals surface area contributed by atoms with E-state index in [1.54, 1.807) is 16.7 Å². The molecule has 1 unspecified atom stereocenters. The number of amides is 2. The van der Waals surface area contributed by atoms with Crippen molar-refractivity contribution >= 4 is 23.8 Å². The van der Waals surface area contributed by atoms with Crippen molar-refractivity contribution in [1.29, 1.82) is 0 Å². The number of carboxylic acid groups (broad SMARTS) is 1. The van der Waals surface area contributed by atoms with Crippen LogP contribution in [0, 0.1) is 0 Å². The summed E-state index contributed by atoms with van der Waals surface area (Å²) in [5.74, 6) is 0.936. The van der Waals surface area contributed by atoms with Crippen molar-refractivity contribution in [2.24, 2.45) is 0 Å². The quantitative estimate of drug-likeness (QED) is 0.668. The van der Waals surface area contributed by atoms with E-state index in [2.05, 4.69) is 25.9 Å². The van der Waals surface area contributed by atoms with Crippen molar-refractivity contribution in [3.63, 3.8) is 0 Å². The maximum absolute atomic E-state index is 12.0. The molecule has 0 aromatic carbocycles. The van der Waals surface area contributed by atoms with E-state index in [4.69, 9.17) is 5.11 Å². The molecule has 0 radical (unpaired) electrons. The number of aliphatic carboxylic acids is 1. The number of nitrogens with one attached hydrogen (secondary N) is 2. The molecule has 19 heavy (non-hydrogen) atoms. The number of carboxylic acids is 1. The fourth-order valence-electron chi connectivity index (χ4n) is 1.81. The molecule has 1 aliphatic heterocycles. The van der Waals surface area contributed by atoms with E-state index in [0.717, 1.165) is 5.75 Å². The van der Waals surface area contributed by atoms with Crippen LogP contribution in [0.4, 0.5) is 4.79 Å². The zero-order valence-corrected chi connectivity index (χ0v) is 10.9. The van der Waals surface area contributed by atoms with E-state index in [1.807, 2.05) is 0 Å². The SMILES string of the molecule is O=C(O)CC1CSCCN1C(=O)NCc1nn[nH]n1. The Morgan fingerprint density at radius 3 is 3.11 bits per heavy atom. The predicted octanol–water partition coefficient (Wildman–Crippen LogP) is -0.699. The van der Waals surface area contributed by atoms with Crippen molar-refractivity contribution in [2.75, 3.05) is 18.1 Å². The van der Waals surface area contributed by atoms with Crippen LogP contribution < -0.4 is 5.32 Å². The molecule has 0 aliphatic carbocycles. The highest BCUT2D eigenvalue weighted by atomic mass is 32.2. The second-order valence-corrected chi connectivity index (χ2v) is 5.16. The van der Waals surface area contributed by atoms with E-state index >= 15 is 0 Å². The number of hydrogen-bond acceptors (Lipinski definition) is 6. The molecule has 3 N–H and O–H groups in total. The van der Waals surface area contributed by atoms with Crippen LogP contribution in [0.3, 0.4) is 0 Å². The molecule has 1 aromatic rings. The molecule has 1 aromatic heterocycles. The average molecular weight is 286 g/mol. The second-order valence-electron chi connectivity index (χ2n) is 4.01. The first-order chi connectivity index (χ1) is 9.16. The second kappa shape index (κ2) is 6.36. The summed E-state index contributed by atoms with van der Waals surface area (Å²) in [4.78, 5) is 24.4. The first-order valence-corrected chi connectivity index (χ1v) is 6.88. The van der Waals surface area contributed by atoms with E-state index in [-0.39, 0.29) is 25.0 Å². The molecule has 10 heteroatoms. The monoisotopic (exact) mass is 286 g/mol. The molecule has 1 aliphatic rings. The van der Waals surface area contributed by atoms with Crippen LogP contribution in [-0.2, 0) is 11.3 Å². The number of tetrazole rings is 1. The van der Waals surface area contributed by atoms with Gasteiger partial charge in [0.05, 0.1) is 19.0 Å². The summed E-state index contributed by atoms with van der Waals surface area (Å²) < 4.78 is 0. The highest BCUT2D eigenvalue weighted by Crippen LogP contribution is 2.19. The van der Waals surface area contributed by atoms with Crippen molar-refractivity contribution < 1.29 is 14.7 Å². The van der Waals surface area contributed by atoms with Gasteiger partial charge in [0, 0.05) is 18.1 Å². The van der Waals surface area contributed by atoms with Crippen LogP contribution in [0.15, 0.2) is 0 Å². The van der Waals surface area contributed by atoms with Crippen LogP contribution in [-0.4, -0.2) is 66.7 Å². The standard InChI is InChI=1S/C9H14N6O3S/c16-8(17)3-6-5-19-2-1-15(6)9(18)10-4-7-11-13-14-12-7/h6H,1-5H2,(H,10,18)(H,16,17)(H,11,12,13,14). The zero-order chi connectivity index (χ0) is 13.7. The number of carbonyl (C=O) groups is 2. The summed E-state index contributed by atoms with van der Waals surface area (Å²) in [5.41, 5.74) is 0. The summed E-state index contributed by atoms with van der Waals surface area (Å²) in [7, 11) is 0. The average Bonchev–Trinajstić information content (AvgIpc) is 2.89. The number of carbonyl (C=O) groups excluding carboxylic acids is 1.